The lowest BCUT2D eigenvalue weighted by molar-refractivity contribution is 0.174. The van der Waals surface area contributed by atoms with Crippen LogP contribution in [0.3, 0.4) is 0 Å². The Morgan fingerprint density at radius 1 is 1.04 bits per heavy atom. The molecule has 0 spiro atoms. The molecule has 4 aromatic rings. The number of benzene rings is 2. The van der Waals surface area contributed by atoms with Crippen molar-refractivity contribution in [2.45, 2.75) is 4.90 Å². The van der Waals surface area contributed by atoms with Crippen molar-refractivity contribution >= 4 is 44.8 Å². The minimum atomic E-state index is 0.268. The summed E-state index contributed by atoms with van der Waals surface area (Å²) in [6.45, 7) is 0.268. The predicted molar refractivity (Wildman–Crippen MR) is 115 cm³/mol. The highest BCUT2D eigenvalue weighted by Crippen LogP contribution is 2.41. The van der Waals surface area contributed by atoms with Crippen LogP contribution in [0.15, 0.2) is 59.8 Å². The Balaban J connectivity index is 1.57. The number of ether oxygens (including phenoxy) is 2. The second-order valence-corrected chi connectivity index (χ2v) is 8.28. The number of hydrogen-bond donors (Lipinski definition) is 0. The number of fused-ring (bicyclic) bond motifs is 2. The van der Waals surface area contributed by atoms with E-state index in [1.165, 1.54) is 15.3 Å². The van der Waals surface area contributed by atoms with E-state index in [2.05, 4.69) is 51.5 Å². The third kappa shape index (κ3) is 2.96. The van der Waals surface area contributed by atoms with Gasteiger partial charge in [-0.1, -0.05) is 12.1 Å². The Labute approximate surface area is 171 Å². The van der Waals surface area contributed by atoms with Crippen LogP contribution in [-0.4, -0.2) is 30.1 Å². The van der Waals surface area contributed by atoms with Crippen molar-refractivity contribution in [3.8, 4) is 21.9 Å². The van der Waals surface area contributed by atoms with E-state index >= 15 is 0 Å². The number of nitrogens with zero attached hydrogens (tertiary/aromatic N) is 3. The summed E-state index contributed by atoms with van der Waals surface area (Å²) in [5.74, 6) is 2.41. The lowest BCUT2D eigenvalue weighted by Crippen LogP contribution is -2.11. The second kappa shape index (κ2) is 7.00. The van der Waals surface area contributed by atoms with Crippen molar-refractivity contribution in [3.63, 3.8) is 0 Å². The van der Waals surface area contributed by atoms with Gasteiger partial charge in [-0.05, 0) is 42.2 Å². The number of anilines is 2. The van der Waals surface area contributed by atoms with Gasteiger partial charge in [-0.3, -0.25) is 0 Å². The van der Waals surface area contributed by atoms with Gasteiger partial charge in [0.2, 0.25) is 6.79 Å². The quantitative estimate of drug-likeness (QED) is 0.412. The molecule has 140 valence electrons. The Kier molecular flexibility index (Phi) is 4.33. The molecule has 0 atom stereocenters. The van der Waals surface area contributed by atoms with Crippen LogP contribution < -0.4 is 14.4 Å². The fourth-order valence-electron chi connectivity index (χ4n) is 3.22. The zero-order chi connectivity index (χ0) is 19.1. The van der Waals surface area contributed by atoms with Gasteiger partial charge < -0.3 is 14.4 Å². The van der Waals surface area contributed by atoms with E-state index in [-0.39, 0.29) is 6.79 Å². The van der Waals surface area contributed by atoms with Crippen molar-refractivity contribution in [2.24, 2.45) is 0 Å². The van der Waals surface area contributed by atoms with E-state index < -0.39 is 0 Å². The van der Waals surface area contributed by atoms with Crippen molar-refractivity contribution in [2.75, 3.05) is 25.0 Å². The summed E-state index contributed by atoms with van der Waals surface area (Å²) in [7, 11) is 2.01. The Morgan fingerprint density at radius 3 is 2.82 bits per heavy atom. The smallest absolute Gasteiger partial charge is 0.231 e. The first-order valence-corrected chi connectivity index (χ1v) is 10.8. The Hall–Kier alpha value is -2.77. The summed E-state index contributed by atoms with van der Waals surface area (Å²) in [4.78, 5) is 13.5. The van der Waals surface area contributed by atoms with Crippen LogP contribution in [0.4, 0.5) is 11.5 Å². The maximum absolute atomic E-state index is 5.52. The van der Waals surface area contributed by atoms with Crippen molar-refractivity contribution < 1.29 is 9.47 Å². The third-order valence-electron chi connectivity index (χ3n) is 4.71. The molecular weight excluding hydrogens is 390 g/mol. The molecule has 0 bridgehead atoms. The molecule has 0 unspecified atom stereocenters. The molecule has 3 heterocycles. The summed E-state index contributed by atoms with van der Waals surface area (Å²) in [5.41, 5.74) is 3.14. The molecule has 1 aliphatic heterocycles. The molecule has 1 aliphatic rings. The maximum atomic E-state index is 5.52. The first-order valence-electron chi connectivity index (χ1n) is 8.75. The van der Waals surface area contributed by atoms with Gasteiger partial charge in [0.05, 0.1) is 10.2 Å². The minimum Gasteiger partial charge on any atom is -0.454 e. The van der Waals surface area contributed by atoms with Gasteiger partial charge in [-0.2, -0.15) is 0 Å². The molecule has 2 aromatic carbocycles. The zero-order valence-electron chi connectivity index (χ0n) is 15.4. The van der Waals surface area contributed by atoms with Gasteiger partial charge in [-0.25, -0.2) is 9.97 Å². The van der Waals surface area contributed by atoms with Crippen LogP contribution in [0.1, 0.15) is 0 Å². The van der Waals surface area contributed by atoms with Gasteiger partial charge in [0.1, 0.15) is 6.33 Å². The van der Waals surface area contributed by atoms with Gasteiger partial charge in [0, 0.05) is 28.6 Å². The Bertz CT molecular complexity index is 1180. The topological polar surface area (TPSA) is 47.5 Å². The van der Waals surface area contributed by atoms with Gasteiger partial charge in [0.25, 0.3) is 0 Å². The van der Waals surface area contributed by atoms with Crippen LogP contribution >= 0.6 is 23.1 Å². The summed E-state index contributed by atoms with van der Waals surface area (Å²) >= 11 is 3.46. The average Bonchev–Trinajstić information content (AvgIpc) is 3.39. The molecule has 0 radical (unpaired) electrons. The van der Waals surface area contributed by atoms with Crippen LogP contribution in [0, 0.1) is 0 Å². The molecular formula is C21H17N3O2S2. The second-order valence-electron chi connectivity index (χ2n) is 6.35. The van der Waals surface area contributed by atoms with E-state index in [0.717, 1.165) is 33.2 Å². The Morgan fingerprint density at radius 2 is 1.93 bits per heavy atom. The lowest BCUT2D eigenvalue weighted by Gasteiger charge is -2.19. The standard InChI is InChI=1S/C21H17N3O2S2/c1-24(14-6-7-17-18(9-14)26-12-25-17)21-20-16(22-11-23-21)10-19(28-20)13-4-3-5-15(8-13)27-2/h3-11H,12H2,1-2H3. The molecule has 0 saturated carbocycles. The van der Waals surface area contributed by atoms with Crippen molar-refractivity contribution in [3.05, 3.63) is 54.9 Å². The van der Waals surface area contributed by atoms with E-state index in [0.29, 0.717) is 0 Å². The molecule has 7 heteroatoms. The van der Waals surface area contributed by atoms with Gasteiger partial charge in [-0.15, -0.1) is 23.1 Å². The van der Waals surface area contributed by atoms with E-state index in [4.69, 9.17) is 9.47 Å². The number of rotatable bonds is 4. The van der Waals surface area contributed by atoms with Gasteiger partial charge >= 0.3 is 0 Å². The number of hydrogen-bond acceptors (Lipinski definition) is 7. The maximum Gasteiger partial charge on any atom is 0.231 e. The van der Waals surface area contributed by atoms with Gasteiger partial charge in [0.15, 0.2) is 17.3 Å². The molecule has 0 amide bonds. The summed E-state index contributed by atoms with van der Waals surface area (Å²) < 4.78 is 12.0. The van der Waals surface area contributed by atoms with Crippen LogP contribution in [0.2, 0.25) is 0 Å². The highest BCUT2D eigenvalue weighted by molar-refractivity contribution is 7.98. The molecule has 0 saturated heterocycles. The fraction of sp³-hybridized carbons (Fsp3) is 0.143. The van der Waals surface area contributed by atoms with Crippen molar-refractivity contribution in [1.82, 2.24) is 9.97 Å². The summed E-state index contributed by atoms with van der Waals surface area (Å²) in [6.07, 6.45) is 3.71. The van der Waals surface area contributed by atoms with Crippen LogP contribution in [0.25, 0.3) is 20.7 Å². The summed E-state index contributed by atoms with van der Waals surface area (Å²) in [5, 5.41) is 0. The predicted octanol–water partition coefficient (Wildman–Crippen LogP) is 5.58. The number of aromatic nitrogens is 2. The summed E-state index contributed by atoms with van der Waals surface area (Å²) in [6, 6.07) is 16.6. The first kappa shape index (κ1) is 17.3. The SMILES string of the molecule is CSc1cccc(-c2cc3ncnc(N(C)c4ccc5c(c4)OCO5)c3s2)c1. The number of thiophene rings is 1. The molecule has 0 fully saturated rings. The van der Waals surface area contributed by atoms with Crippen LogP contribution in [0.5, 0.6) is 11.5 Å². The highest BCUT2D eigenvalue weighted by atomic mass is 32.2. The van der Waals surface area contributed by atoms with E-state index in [9.17, 15) is 0 Å². The molecule has 0 N–H and O–H groups in total. The normalized spacial score (nSPS) is 12.5. The molecule has 5 nitrogen and oxygen atoms in total. The largest absolute Gasteiger partial charge is 0.454 e. The van der Waals surface area contributed by atoms with E-state index in [1.54, 1.807) is 29.4 Å². The molecule has 2 aromatic heterocycles. The zero-order valence-corrected chi connectivity index (χ0v) is 17.0. The first-order chi connectivity index (χ1) is 13.7. The lowest BCUT2D eigenvalue weighted by atomic mass is 10.2. The number of thioether (sulfide) groups is 1. The monoisotopic (exact) mass is 407 g/mol. The average molecular weight is 408 g/mol. The molecule has 28 heavy (non-hydrogen) atoms. The molecule has 5 rings (SSSR count). The molecule has 0 aliphatic carbocycles. The van der Waals surface area contributed by atoms with Crippen LogP contribution in [-0.2, 0) is 0 Å². The third-order valence-corrected chi connectivity index (χ3v) is 6.60. The highest BCUT2D eigenvalue weighted by Gasteiger charge is 2.18. The fourth-order valence-corrected chi connectivity index (χ4v) is 4.81. The van der Waals surface area contributed by atoms with Crippen molar-refractivity contribution in [1.29, 1.82) is 0 Å². The minimum absolute atomic E-state index is 0.268. The van der Waals surface area contributed by atoms with E-state index in [1.807, 2.05) is 25.2 Å².